The molecule has 0 saturated heterocycles. The average Bonchev–Trinajstić information content (AvgIpc) is 2.36. The Balaban J connectivity index is 1.88. The minimum atomic E-state index is 0.0831. The van der Waals surface area contributed by atoms with Crippen LogP contribution in [0.1, 0.15) is 12.1 Å². The van der Waals surface area contributed by atoms with E-state index in [0.717, 1.165) is 17.9 Å². The van der Waals surface area contributed by atoms with Gasteiger partial charge in [0.15, 0.2) is 0 Å². The molecule has 5 heteroatoms. The highest BCUT2D eigenvalue weighted by Crippen LogP contribution is 2.34. The zero-order chi connectivity index (χ0) is 13.0. The Morgan fingerprint density at radius 3 is 2.94 bits per heavy atom. The van der Waals surface area contributed by atoms with Crippen molar-refractivity contribution < 1.29 is 14.2 Å². The van der Waals surface area contributed by atoms with Gasteiger partial charge in [-0.15, -0.1) is 0 Å². The van der Waals surface area contributed by atoms with E-state index < -0.39 is 0 Å². The summed E-state index contributed by atoms with van der Waals surface area (Å²) in [6.07, 6.45) is 2.89. The molecule has 0 aromatic carbocycles. The van der Waals surface area contributed by atoms with Gasteiger partial charge in [0, 0.05) is 24.6 Å². The fraction of sp³-hybridized carbons (Fsp3) is 0.615. The van der Waals surface area contributed by atoms with Gasteiger partial charge in [0.25, 0.3) is 0 Å². The van der Waals surface area contributed by atoms with Gasteiger partial charge in [-0.1, -0.05) is 15.9 Å². The van der Waals surface area contributed by atoms with E-state index in [0.29, 0.717) is 18.0 Å². The molecule has 1 aliphatic rings. The first-order chi connectivity index (χ1) is 8.72. The van der Waals surface area contributed by atoms with Crippen molar-refractivity contribution in [1.82, 2.24) is 4.98 Å². The molecule has 1 fully saturated rings. The average molecular weight is 316 g/mol. The summed E-state index contributed by atoms with van der Waals surface area (Å²) >= 11 is 3.59. The van der Waals surface area contributed by atoms with E-state index in [1.165, 1.54) is 0 Å². The second kappa shape index (κ2) is 6.50. The van der Waals surface area contributed by atoms with E-state index >= 15 is 0 Å². The molecule has 1 aromatic heterocycles. The molecule has 2 rings (SSSR count). The minimum absolute atomic E-state index is 0.0831. The zero-order valence-corrected chi connectivity index (χ0v) is 12.2. The van der Waals surface area contributed by atoms with Gasteiger partial charge in [-0.25, -0.2) is 0 Å². The number of hydrogen-bond acceptors (Lipinski definition) is 4. The topological polar surface area (TPSA) is 40.6 Å². The van der Waals surface area contributed by atoms with Crippen molar-refractivity contribution in [2.75, 3.05) is 20.3 Å². The van der Waals surface area contributed by atoms with Crippen LogP contribution in [0, 0.1) is 6.92 Å². The predicted molar refractivity (Wildman–Crippen MR) is 72.3 cm³/mol. The summed E-state index contributed by atoms with van der Waals surface area (Å²) in [6.45, 7) is 3.14. The standard InChI is InChI=1S/C13H18BrNO3/c1-9-11(4-3-5-15-9)18-12-8-10(14)13(12)17-7-6-16-2/h3-5,10,12-13H,6-8H2,1-2H3. The third-order valence-electron chi connectivity index (χ3n) is 3.01. The normalized spacial score (nSPS) is 26.7. The van der Waals surface area contributed by atoms with Crippen molar-refractivity contribution in [2.45, 2.75) is 30.4 Å². The summed E-state index contributed by atoms with van der Waals surface area (Å²) in [5.41, 5.74) is 0.908. The summed E-state index contributed by atoms with van der Waals surface area (Å²) in [4.78, 5) is 4.57. The number of alkyl halides is 1. The number of aromatic nitrogens is 1. The summed E-state index contributed by atoms with van der Waals surface area (Å²) < 4.78 is 16.7. The molecule has 0 amide bonds. The summed E-state index contributed by atoms with van der Waals surface area (Å²) in [7, 11) is 1.67. The predicted octanol–water partition coefficient (Wildman–Crippen LogP) is 2.34. The van der Waals surface area contributed by atoms with E-state index in [1.54, 1.807) is 13.3 Å². The third-order valence-corrected chi connectivity index (χ3v) is 3.91. The van der Waals surface area contributed by atoms with Crippen LogP contribution >= 0.6 is 15.9 Å². The van der Waals surface area contributed by atoms with Crippen LogP contribution in [0.2, 0.25) is 0 Å². The van der Waals surface area contributed by atoms with Crippen LogP contribution in [-0.2, 0) is 9.47 Å². The molecule has 3 atom stereocenters. The molecular formula is C13H18BrNO3. The molecule has 4 nitrogen and oxygen atoms in total. The van der Waals surface area contributed by atoms with E-state index in [1.807, 2.05) is 19.1 Å². The summed E-state index contributed by atoms with van der Waals surface area (Å²) in [5, 5.41) is 0. The third kappa shape index (κ3) is 3.22. The lowest BCUT2D eigenvalue weighted by Gasteiger charge is -2.41. The van der Waals surface area contributed by atoms with Gasteiger partial charge in [-0.3, -0.25) is 4.98 Å². The molecule has 0 N–H and O–H groups in total. The molecular weight excluding hydrogens is 298 g/mol. The first-order valence-electron chi connectivity index (χ1n) is 6.05. The first-order valence-corrected chi connectivity index (χ1v) is 6.97. The molecule has 100 valence electrons. The molecule has 0 bridgehead atoms. The smallest absolute Gasteiger partial charge is 0.141 e. The molecule has 0 radical (unpaired) electrons. The molecule has 3 unspecified atom stereocenters. The van der Waals surface area contributed by atoms with Gasteiger partial charge in [-0.05, 0) is 19.1 Å². The van der Waals surface area contributed by atoms with E-state index in [2.05, 4.69) is 20.9 Å². The highest BCUT2D eigenvalue weighted by molar-refractivity contribution is 9.09. The first kappa shape index (κ1) is 13.8. The van der Waals surface area contributed by atoms with Gasteiger partial charge in [-0.2, -0.15) is 0 Å². The van der Waals surface area contributed by atoms with Crippen LogP contribution in [0.15, 0.2) is 18.3 Å². The number of rotatable bonds is 6. The molecule has 18 heavy (non-hydrogen) atoms. The number of methoxy groups -OCH3 is 1. The minimum Gasteiger partial charge on any atom is -0.486 e. The van der Waals surface area contributed by atoms with Crippen molar-refractivity contribution in [3.05, 3.63) is 24.0 Å². The molecule has 1 aliphatic carbocycles. The highest BCUT2D eigenvalue weighted by Gasteiger charge is 2.42. The lowest BCUT2D eigenvalue weighted by Crippen LogP contribution is -2.52. The molecule has 1 heterocycles. The SMILES string of the molecule is COCCOC1C(Br)CC1Oc1cccnc1C. The van der Waals surface area contributed by atoms with E-state index in [4.69, 9.17) is 14.2 Å². The quantitative estimate of drug-likeness (QED) is 0.597. The maximum atomic E-state index is 5.94. The molecule has 0 aliphatic heterocycles. The second-order valence-corrected chi connectivity index (χ2v) is 5.50. The zero-order valence-electron chi connectivity index (χ0n) is 10.6. The number of halogens is 1. The van der Waals surface area contributed by atoms with Crippen molar-refractivity contribution in [3.8, 4) is 5.75 Å². The number of ether oxygens (including phenoxy) is 3. The maximum Gasteiger partial charge on any atom is 0.141 e. The van der Waals surface area contributed by atoms with Crippen LogP contribution in [0.25, 0.3) is 0 Å². The van der Waals surface area contributed by atoms with Crippen molar-refractivity contribution >= 4 is 15.9 Å². The Bertz CT molecular complexity index is 388. The van der Waals surface area contributed by atoms with Crippen LogP contribution < -0.4 is 4.74 Å². The van der Waals surface area contributed by atoms with Gasteiger partial charge < -0.3 is 14.2 Å². The van der Waals surface area contributed by atoms with Gasteiger partial charge in [0.1, 0.15) is 18.0 Å². The summed E-state index contributed by atoms with van der Waals surface area (Å²) in [6, 6.07) is 3.82. The van der Waals surface area contributed by atoms with Gasteiger partial charge >= 0.3 is 0 Å². The Kier molecular flexibility index (Phi) is 4.97. The molecule has 1 aromatic rings. The Morgan fingerprint density at radius 2 is 2.28 bits per heavy atom. The van der Waals surface area contributed by atoms with Crippen LogP contribution in [0.3, 0.4) is 0 Å². The van der Waals surface area contributed by atoms with Crippen molar-refractivity contribution in [2.24, 2.45) is 0 Å². The van der Waals surface area contributed by atoms with Crippen LogP contribution in [0.5, 0.6) is 5.75 Å². The number of nitrogens with zero attached hydrogens (tertiary/aromatic N) is 1. The lowest BCUT2D eigenvalue weighted by atomic mass is 9.91. The van der Waals surface area contributed by atoms with Crippen LogP contribution in [-0.4, -0.2) is 42.3 Å². The largest absolute Gasteiger partial charge is 0.486 e. The van der Waals surface area contributed by atoms with Gasteiger partial charge in [0.05, 0.1) is 18.9 Å². The van der Waals surface area contributed by atoms with Crippen molar-refractivity contribution in [3.63, 3.8) is 0 Å². The van der Waals surface area contributed by atoms with Crippen LogP contribution in [0.4, 0.5) is 0 Å². The second-order valence-electron chi connectivity index (χ2n) is 4.32. The Morgan fingerprint density at radius 1 is 1.44 bits per heavy atom. The number of pyridine rings is 1. The van der Waals surface area contributed by atoms with Crippen molar-refractivity contribution in [1.29, 1.82) is 0 Å². The molecule has 1 saturated carbocycles. The fourth-order valence-corrected chi connectivity index (χ4v) is 2.74. The van der Waals surface area contributed by atoms with Gasteiger partial charge in [0.2, 0.25) is 0 Å². The van der Waals surface area contributed by atoms with E-state index in [-0.39, 0.29) is 12.2 Å². The lowest BCUT2D eigenvalue weighted by molar-refractivity contribution is -0.0868. The summed E-state index contributed by atoms with van der Waals surface area (Å²) in [5.74, 6) is 0.835. The fourth-order valence-electron chi connectivity index (χ4n) is 1.88. The highest BCUT2D eigenvalue weighted by atomic mass is 79.9. The monoisotopic (exact) mass is 315 g/mol. The maximum absolute atomic E-state index is 5.94. The van der Waals surface area contributed by atoms with E-state index in [9.17, 15) is 0 Å². The number of hydrogen-bond donors (Lipinski definition) is 0. The Hall–Kier alpha value is -0.650. The number of aryl methyl sites for hydroxylation is 1. The molecule has 0 spiro atoms. The Labute approximate surface area is 116 Å².